The minimum atomic E-state index is 0.683. The summed E-state index contributed by atoms with van der Waals surface area (Å²) in [5.74, 6) is 0.683. The van der Waals surface area contributed by atoms with Crippen LogP contribution in [0.25, 0.3) is 0 Å². The smallest absolute Gasteiger partial charge is 0.0406 e. The van der Waals surface area contributed by atoms with Crippen molar-refractivity contribution in [2.24, 2.45) is 0 Å². The van der Waals surface area contributed by atoms with E-state index in [4.69, 9.17) is 11.6 Å². The van der Waals surface area contributed by atoms with Gasteiger partial charge >= 0.3 is 0 Å². The van der Waals surface area contributed by atoms with Gasteiger partial charge in [-0.25, -0.2) is 0 Å². The molecule has 0 N–H and O–H groups in total. The van der Waals surface area contributed by atoms with Crippen molar-refractivity contribution in [1.82, 2.24) is 0 Å². The normalized spacial score (nSPS) is 9.92. The second-order valence-corrected chi connectivity index (χ2v) is 3.53. The Morgan fingerprint density at radius 2 is 1.58 bits per heavy atom. The fourth-order valence-corrected chi connectivity index (χ4v) is 1.46. The molecule has 0 aromatic heterocycles. The van der Waals surface area contributed by atoms with Crippen molar-refractivity contribution in [3.8, 4) is 0 Å². The average molecular weight is 189 g/mol. The molecule has 1 heteroatoms. The third-order valence-electron chi connectivity index (χ3n) is 2.07. The van der Waals surface area contributed by atoms with Gasteiger partial charge in [0.05, 0.1) is 0 Å². The molecule has 0 rings (SSSR count). The second kappa shape index (κ2) is 9.12. The number of unbranched alkanes of at least 4 members (excludes halogenated alkanes) is 2. The van der Waals surface area contributed by atoms with Gasteiger partial charge in [-0.3, -0.25) is 0 Å². The number of rotatable bonds is 7. The Morgan fingerprint density at radius 1 is 1.08 bits per heavy atom. The highest BCUT2D eigenvalue weighted by Crippen LogP contribution is 2.14. The van der Waals surface area contributed by atoms with Gasteiger partial charge in [-0.1, -0.05) is 38.3 Å². The van der Waals surface area contributed by atoms with Crippen LogP contribution in [0.2, 0.25) is 0 Å². The lowest BCUT2D eigenvalue weighted by atomic mass is 10.0. The Labute approximate surface area is 82.0 Å². The molecule has 0 spiro atoms. The number of halogens is 1. The molecule has 72 valence electrons. The molecular formula is C11H21Cl. The van der Waals surface area contributed by atoms with Crippen molar-refractivity contribution in [3.63, 3.8) is 0 Å². The predicted molar refractivity (Wildman–Crippen MR) is 57.9 cm³/mol. The van der Waals surface area contributed by atoms with Crippen LogP contribution in [-0.4, -0.2) is 5.88 Å². The Morgan fingerprint density at radius 3 is 1.92 bits per heavy atom. The highest BCUT2D eigenvalue weighted by Gasteiger charge is 1.95. The van der Waals surface area contributed by atoms with Gasteiger partial charge in [0.1, 0.15) is 0 Å². The molecule has 0 unspecified atom stereocenters. The molecule has 0 saturated carbocycles. The lowest BCUT2D eigenvalue weighted by molar-refractivity contribution is 0.711. The van der Waals surface area contributed by atoms with Crippen molar-refractivity contribution < 1.29 is 0 Å². The summed E-state index contributed by atoms with van der Waals surface area (Å²) in [6, 6.07) is 0. The van der Waals surface area contributed by atoms with E-state index in [9.17, 15) is 0 Å². The van der Waals surface area contributed by atoms with Gasteiger partial charge in [0, 0.05) is 5.88 Å². The molecule has 0 atom stereocenters. The highest BCUT2D eigenvalue weighted by molar-refractivity contribution is 6.18. The first kappa shape index (κ1) is 12.0. The number of hydrogen-bond donors (Lipinski definition) is 0. The summed E-state index contributed by atoms with van der Waals surface area (Å²) >= 11 is 5.68. The van der Waals surface area contributed by atoms with E-state index in [1.807, 2.05) is 0 Å². The zero-order valence-electron chi connectivity index (χ0n) is 8.41. The minimum absolute atomic E-state index is 0.683. The average Bonchev–Trinajstić information content (AvgIpc) is 2.10. The predicted octanol–water partition coefficient (Wildman–Crippen LogP) is 4.53. The molecule has 0 aliphatic carbocycles. The zero-order valence-corrected chi connectivity index (χ0v) is 9.16. The van der Waals surface area contributed by atoms with Crippen molar-refractivity contribution in [1.29, 1.82) is 0 Å². The van der Waals surface area contributed by atoms with Gasteiger partial charge in [-0.15, -0.1) is 11.6 Å². The number of hydrogen-bond acceptors (Lipinski definition) is 0. The van der Waals surface area contributed by atoms with Gasteiger partial charge in [-0.05, 0) is 25.7 Å². The molecule has 0 heterocycles. The largest absolute Gasteiger partial charge is 0.122 e. The van der Waals surface area contributed by atoms with E-state index < -0.39 is 0 Å². The van der Waals surface area contributed by atoms with Crippen LogP contribution in [0.15, 0.2) is 11.6 Å². The van der Waals surface area contributed by atoms with Gasteiger partial charge in [0.25, 0.3) is 0 Å². The SMILES string of the molecule is CCCCC(=CCCl)CCCC. The van der Waals surface area contributed by atoms with Crippen molar-refractivity contribution >= 4 is 11.6 Å². The maximum Gasteiger partial charge on any atom is 0.0406 e. The quantitative estimate of drug-likeness (QED) is 0.407. The Kier molecular flexibility index (Phi) is 9.14. The molecule has 12 heavy (non-hydrogen) atoms. The molecule has 0 aromatic rings. The summed E-state index contributed by atoms with van der Waals surface area (Å²) in [6.45, 7) is 4.47. The summed E-state index contributed by atoms with van der Waals surface area (Å²) < 4.78 is 0. The van der Waals surface area contributed by atoms with E-state index in [2.05, 4.69) is 19.9 Å². The topological polar surface area (TPSA) is 0 Å². The first-order chi connectivity index (χ1) is 5.85. The Bertz CT molecular complexity index is 106. The van der Waals surface area contributed by atoms with E-state index in [1.54, 1.807) is 5.57 Å². The van der Waals surface area contributed by atoms with Crippen LogP contribution < -0.4 is 0 Å². The fourth-order valence-electron chi connectivity index (χ4n) is 1.25. The maximum absolute atomic E-state index is 5.68. The van der Waals surface area contributed by atoms with Crippen LogP contribution in [0.3, 0.4) is 0 Å². The van der Waals surface area contributed by atoms with Crippen LogP contribution >= 0.6 is 11.6 Å². The first-order valence-corrected chi connectivity index (χ1v) is 5.62. The van der Waals surface area contributed by atoms with E-state index in [0.29, 0.717) is 5.88 Å². The lowest BCUT2D eigenvalue weighted by Crippen LogP contribution is -1.85. The summed E-state index contributed by atoms with van der Waals surface area (Å²) in [4.78, 5) is 0. The lowest BCUT2D eigenvalue weighted by Gasteiger charge is -2.04. The molecule has 0 aliphatic heterocycles. The molecule has 0 aromatic carbocycles. The van der Waals surface area contributed by atoms with Crippen LogP contribution in [-0.2, 0) is 0 Å². The maximum atomic E-state index is 5.68. The minimum Gasteiger partial charge on any atom is -0.122 e. The van der Waals surface area contributed by atoms with Gasteiger partial charge < -0.3 is 0 Å². The first-order valence-electron chi connectivity index (χ1n) is 5.09. The molecule has 0 saturated heterocycles. The fraction of sp³-hybridized carbons (Fsp3) is 0.818. The van der Waals surface area contributed by atoms with Gasteiger partial charge in [0.15, 0.2) is 0 Å². The molecule has 0 amide bonds. The summed E-state index contributed by atoms with van der Waals surface area (Å²) in [5, 5.41) is 0. The summed E-state index contributed by atoms with van der Waals surface area (Å²) in [5.41, 5.74) is 1.56. The Hall–Kier alpha value is 0.0300. The summed E-state index contributed by atoms with van der Waals surface area (Å²) in [7, 11) is 0. The van der Waals surface area contributed by atoms with Gasteiger partial charge in [-0.2, -0.15) is 0 Å². The van der Waals surface area contributed by atoms with Crippen molar-refractivity contribution in [2.45, 2.75) is 52.4 Å². The second-order valence-electron chi connectivity index (χ2n) is 3.22. The van der Waals surface area contributed by atoms with E-state index in [0.717, 1.165) is 0 Å². The molecule has 0 fully saturated rings. The van der Waals surface area contributed by atoms with E-state index in [-0.39, 0.29) is 0 Å². The number of allylic oxidation sites excluding steroid dienone is 2. The van der Waals surface area contributed by atoms with Crippen LogP contribution in [0, 0.1) is 0 Å². The monoisotopic (exact) mass is 188 g/mol. The molecule has 0 bridgehead atoms. The standard InChI is InChI=1S/C11H21Cl/c1-3-5-7-11(9-10-12)8-6-4-2/h9H,3-8,10H2,1-2H3. The molecule has 0 radical (unpaired) electrons. The van der Waals surface area contributed by atoms with Crippen LogP contribution in [0.4, 0.5) is 0 Å². The van der Waals surface area contributed by atoms with E-state index >= 15 is 0 Å². The van der Waals surface area contributed by atoms with Crippen molar-refractivity contribution in [3.05, 3.63) is 11.6 Å². The number of alkyl halides is 1. The van der Waals surface area contributed by atoms with Gasteiger partial charge in [0.2, 0.25) is 0 Å². The molecule has 0 aliphatic rings. The van der Waals surface area contributed by atoms with Crippen LogP contribution in [0.1, 0.15) is 52.4 Å². The highest BCUT2D eigenvalue weighted by atomic mass is 35.5. The third-order valence-corrected chi connectivity index (χ3v) is 2.22. The molecular weight excluding hydrogens is 168 g/mol. The molecule has 0 nitrogen and oxygen atoms in total. The van der Waals surface area contributed by atoms with Crippen LogP contribution in [0.5, 0.6) is 0 Å². The van der Waals surface area contributed by atoms with E-state index in [1.165, 1.54) is 38.5 Å². The van der Waals surface area contributed by atoms with Crippen molar-refractivity contribution in [2.75, 3.05) is 5.88 Å². The summed E-state index contributed by atoms with van der Waals surface area (Å²) in [6.07, 6.45) is 9.88. The third kappa shape index (κ3) is 6.72. The Balaban J connectivity index is 3.62. The zero-order chi connectivity index (χ0) is 9.23.